The SMILES string of the molecule is CC(C(O)CC=O)C(C)(C)C. The second-order valence-electron chi connectivity index (χ2n) is 4.12. The lowest BCUT2D eigenvalue weighted by atomic mass is 9.78. The van der Waals surface area contributed by atoms with Gasteiger partial charge in [0.15, 0.2) is 0 Å². The minimum absolute atomic E-state index is 0.0719. The fourth-order valence-corrected chi connectivity index (χ4v) is 0.880. The molecule has 0 spiro atoms. The van der Waals surface area contributed by atoms with Gasteiger partial charge in [-0.1, -0.05) is 27.7 Å². The lowest BCUT2D eigenvalue weighted by Gasteiger charge is -2.30. The van der Waals surface area contributed by atoms with E-state index in [9.17, 15) is 9.90 Å². The summed E-state index contributed by atoms with van der Waals surface area (Å²) in [6.45, 7) is 8.15. The van der Waals surface area contributed by atoms with Crippen molar-refractivity contribution in [2.45, 2.75) is 40.2 Å². The molecule has 0 radical (unpaired) electrons. The fraction of sp³-hybridized carbons (Fsp3) is 0.889. The van der Waals surface area contributed by atoms with Crippen LogP contribution in [-0.4, -0.2) is 17.5 Å². The van der Waals surface area contributed by atoms with Gasteiger partial charge in [0.1, 0.15) is 6.29 Å². The molecule has 0 aliphatic carbocycles. The highest BCUT2D eigenvalue weighted by molar-refractivity contribution is 5.50. The van der Waals surface area contributed by atoms with Gasteiger partial charge in [-0.3, -0.25) is 0 Å². The van der Waals surface area contributed by atoms with Crippen molar-refractivity contribution in [1.82, 2.24) is 0 Å². The number of carbonyl (C=O) groups excluding carboxylic acids is 1. The molecule has 2 unspecified atom stereocenters. The van der Waals surface area contributed by atoms with E-state index in [0.29, 0.717) is 0 Å². The topological polar surface area (TPSA) is 37.3 Å². The third-order valence-electron chi connectivity index (χ3n) is 2.28. The van der Waals surface area contributed by atoms with Gasteiger partial charge < -0.3 is 9.90 Å². The van der Waals surface area contributed by atoms with E-state index < -0.39 is 6.10 Å². The first-order valence-corrected chi connectivity index (χ1v) is 4.01. The Morgan fingerprint density at radius 2 is 1.91 bits per heavy atom. The van der Waals surface area contributed by atoms with Gasteiger partial charge in [-0.25, -0.2) is 0 Å². The van der Waals surface area contributed by atoms with E-state index in [4.69, 9.17) is 0 Å². The summed E-state index contributed by atoms with van der Waals surface area (Å²) in [5.41, 5.74) is 0.0719. The van der Waals surface area contributed by atoms with Crippen LogP contribution in [0.3, 0.4) is 0 Å². The lowest BCUT2D eigenvalue weighted by molar-refractivity contribution is -0.110. The summed E-state index contributed by atoms with van der Waals surface area (Å²) >= 11 is 0. The van der Waals surface area contributed by atoms with Gasteiger partial charge in [-0.15, -0.1) is 0 Å². The highest BCUT2D eigenvalue weighted by Crippen LogP contribution is 2.28. The van der Waals surface area contributed by atoms with Crippen LogP contribution < -0.4 is 0 Å². The molecule has 11 heavy (non-hydrogen) atoms. The molecule has 0 saturated carbocycles. The molecule has 0 aromatic heterocycles. The molecule has 0 saturated heterocycles. The number of carbonyl (C=O) groups is 1. The van der Waals surface area contributed by atoms with Crippen molar-refractivity contribution >= 4 is 6.29 Å². The molecule has 2 heteroatoms. The Labute approximate surface area is 68.6 Å². The summed E-state index contributed by atoms with van der Waals surface area (Å²) in [5.74, 6) is 0.160. The zero-order valence-electron chi connectivity index (χ0n) is 7.79. The average Bonchev–Trinajstić information content (AvgIpc) is 1.85. The van der Waals surface area contributed by atoms with Crippen molar-refractivity contribution in [2.75, 3.05) is 0 Å². The maximum Gasteiger partial charge on any atom is 0.122 e. The Hall–Kier alpha value is -0.370. The lowest BCUT2D eigenvalue weighted by Crippen LogP contribution is -2.29. The number of aliphatic hydroxyl groups excluding tert-OH is 1. The van der Waals surface area contributed by atoms with E-state index in [2.05, 4.69) is 20.8 Å². The third-order valence-corrected chi connectivity index (χ3v) is 2.28. The molecule has 2 atom stereocenters. The first-order valence-electron chi connectivity index (χ1n) is 4.01. The van der Waals surface area contributed by atoms with Crippen LogP contribution in [0.2, 0.25) is 0 Å². The summed E-state index contributed by atoms with van der Waals surface area (Å²) in [7, 11) is 0. The highest BCUT2D eigenvalue weighted by Gasteiger charge is 2.26. The molecule has 0 fully saturated rings. The van der Waals surface area contributed by atoms with Crippen molar-refractivity contribution in [2.24, 2.45) is 11.3 Å². The smallest absolute Gasteiger partial charge is 0.122 e. The van der Waals surface area contributed by atoms with E-state index in [1.165, 1.54) is 0 Å². The van der Waals surface area contributed by atoms with E-state index in [1.807, 2.05) is 6.92 Å². The predicted octanol–water partition coefficient (Wildman–Crippen LogP) is 1.62. The molecular weight excluding hydrogens is 140 g/mol. The molecule has 2 nitrogen and oxygen atoms in total. The average molecular weight is 158 g/mol. The van der Waals surface area contributed by atoms with Crippen molar-refractivity contribution in [3.05, 3.63) is 0 Å². The van der Waals surface area contributed by atoms with Crippen LogP contribution in [0.25, 0.3) is 0 Å². The van der Waals surface area contributed by atoms with Crippen LogP contribution in [0.4, 0.5) is 0 Å². The van der Waals surface area contributed by atoms with Crippen LogP contribution in [-0.2, 0) is 4.79 Å². The van der Waals surface area contributed by atoms with Gasteiger partial charge in [-0.05, 0) is 11.3 Å². The fourth-order valence-electron chi connectivity index (χ4n) is 0.880. The molecule has 66 valence electrons. The van der Waals surface area contributed by atoms with E-state index in [-0.39, 0.29) is 17.8 Å². The minimum Gasteiger partial charge on any atom is -0.392 e. The Bertz CT molecular complexity index is 124. The molecule has 1 N–H and O–H groups in total. The van der Waals surface area contributed by atoms with Gasteiger partial charge in [0.05, 0.1) is 6.10 Å². The molecule has 0 rings (SSSR count). The third kappa shape index (κ3) is 3.51. The van der Waals surface area contributed by atoms with Crippen molar-refractivity contribution < 1.29 is 9.90 Å². The zero-order valence-corrected chi connectivity index (χ0v) is 7.79. The predicted molar refractivity (Wildman–Crippen MR) is 45.3 cm³/mol. The van der Waals surface area contributed by atoms with Gasteiger partial charge in [0, 0.05) is 6.42 Å². The Kier molecular flexibility index (Phi) is 3.73. The molecule has 0 amide bonds. The molecule has 0 heterocycles. The first kappa shape index (κ1) is 10.6. The number of aldehydes is 1. The van der Waals surface area contributed by atoms with Crippen LogP contribution in [0.15, 0.2) is 0 Å². The second-order valence-corrected chi connectivity index (χ2v) is 4.12. The van der Waals surface area contributed by atoms with E-state index in [0.717, 1.165) is 6.29 Å². The molecule has 0 aromatic rings. The summed E-state index contributed by atoms with van der Waals surface area (Å²) in [4.78, 5) is 10.1. The minimum atomic E-state index is -0.493. The van der Waals surface area contributed by atoms with Crippen LogP contribution >= 0.6 is 0 Å². The first-order chi connectivity index (χ1) is 4.89. The highest BCUT2D eigenvalue weighted by atomic mass is 16.3. The van der Waals surface area contributed by atoms with Crippen molar-refractivity contribution in [3.8, 4) is 0 Å². The Balaban J connectivity index is 4.01. The van der Waals surface area contributed by atoms with Crippen LogP contribution in [0.1, 0.15) is 34.1 Å². The molecule has 0 aliphatic heterocycles. The maximum absolute atomic E-state index is 10.1. The van der Waals surface area contributed by atoms with Crippen molar-refractivity contribution in [1.29, 1.82) is 0 Å². The van der Waals surface area contributed by atoms with Gasteiger partial charge in [0.2, 0.25) is 0 Å². The van der Waals surface area contributed by atoms with Crippen LogP contribution in [0.5, 0.6) is 0 Å². The van der Waals surface area contributed by atoms with Gasteiger partial charge >= 0.3 is 0 Å². The number of aliphatic hydroxyl groups is 1. The second kappa shape index (κ2) is 3.86. The van der Waals surface area contributed by atoms with Crippen LogP contribution in [0, 0.1) is 11.3 Å². The Morgan fingerprint density at radius 1 is 1.45 bits per heavy atom. The maximum atomic E-state index is 10.1. The van der Waals surface area contributed by atoms with E-state index in [1.54, 1.807) is 0 Å². The van der Waals surface area contributed by atoms with Gasteiger partial charge in [0.25, 0.3) is 0 Å². The zero-order chi connectivity index (χ0) is 9.07. The summed E-state index contributed by atoms with van der Waals surface area (Å²) < 4.78 is 0. The Morgan fingerprint density at radius 3 is 2.18 bits per heavy atom. The number of hydrogen-bond acceptors (Lipinski definition) is 2. The molecule has 0 aliphatic rings. The molecular formula is C9H18O2. The van der Waals surface area contributed by atoms with Gasteiger partial charge in [-0.2, -0.15) is 0 Å². The standard InChI is InChI=1S/C9H18O2/c1-7(9(2,3)4)8(11)5-6-10/h6-8,11H,5H2,1-4H3. The summed E-state index contributed by atoms with van der Waals surface area (Å²) in [6, 6.07) is 0. The normalized spacial score (nSPS) is 17.5. The van der Waals surface area contributed by atoms with E-state index >= 15 is 0 Å². The summed E-state index contributed by atoms with van der Waals surface area (Å²) in [6.07, 6.45) is 0.526. The monoisotopic (exact) mass is 158 g/mol. The van der Waals surface area contributed by atoms with Crippen molar-refractivity contribution in [3.63, 3.8) is 0 Å². The number of hydrogen-bond donors (Lipinski definition) is 1. The largest absolute Gasteiger partial charge is 0.392 e. The quantitative estimate of drug-likeness (QED) is 0.634. The molecule has 0 bridgehead atoms. The molecule has 0 aromatic carbocycles. The summed E-state index contributed by atoms with van der Waals surface area (Å²) in [5, 5.41) is 9.42. The number of rotatable bonds is 3.